The van der Waals surface area contributed by atoms with Crippen molar-refractivity contribution in [2.45, 2.75) is 19.0 Å². The first-order chi connectivity index (χ1) is 6.75. The van der Waals surface area contributed by atoms with Crippen molar-refractivity contribution in [2.24, 2.45) is 0 Å². The van der Waals surface area contributed by atoms with Crippen LogP contribution in [0, 0.1) is 0 Å². The minimum Gasteiger partial charge on any atom is -0.382 e. The second-order valence-corrected chi connectivity index (χ2v) is 3.46. The first-order valence-corrected chi connectivity index (χ1v) is 4.72. The smallest absolute Gasteiger partial charge is 0.149 e. The van der Waals surface area contributed by atoms with Crippen LogP contribution in [0.3, 0.4) is 0 Å². The van der Waals surface area contributed by atoms with Crippen molar-refractivity contribution >= 4 is 11.6 Å². The lowest BCUT2D eigenvalue weighted by atomic mass is 10.1. The average molecular weight is 196 g/mol. The van der Waals surface area contributed by atoms with E-state index < -0.39 is 6.17 Å². The molecule has 0 aromatic carbocycles. The molecule has 1 fully saturated rings. The lowest BCUT2D eigenvalue weighted by Gasteiger charge is -2.29. The summed E-state index contributed by atoms with van der Waals surface area (Å²) in [6.45, 7) is 1.39. The summed E-state index contributed by atoms with van der Waals surface area (Å²) in [5, 5.41) is 0. The van der Waals surface area contributed by atoms with E-state index in [9.17, 15) is 4.39 Å². The zero-order valence-electron chi connectivity index (χ0n) is 7.86. The quantitative estimate of drug-likeness (QED) is 0.728. The Morgan fingerprint density at radius 1 is 1.36 bits per heavy atom. The van der Waals surface area contributed by atoms with E-state index >= 15 is 0 Å². The predicted molar refractivity (Wildman–Crippen MR) is 52.8 cm³/mol. The van der Waals surface area contributed by atoms with E-state index in [1.54, 1.807) is 6.20 Å². The van der Waals surface area contributed by atoms with Crippen LogP contribution in [0.2, 0.25) is 0 Å². The van der Waals surface area contributed by atoms with Crippen molar-refractivity contribution in [1.29, 1.82) is 0 Å². The predicted octanol–water partition coefficient (Wildman–Crippen LogP) is 0.997. The monoisotopic (exact) mass is 196 g/mol. The normalized spacial score (nSPS) is 18.5. The Kier molecular flexibility index (Phi) is 2.47. The van der Waals surface area contributed by atoms with Gasteiger partial charge in [-0.1, -0.05) is 0 Å². The van der Waals surface area contributed by atoms with Gasteiger partial charge in [-0.3, -0.25) is 4.98 Å². The molecule has 0 aliphatic carbocycles. The molecule has 5 heteroatoms. The van der Waals surface area contributed by atoms with Crippen LogP contribution >= 0.6 is 0 Å². The molecule has 1 aliphatic heterocycles. The first-order valence-electron chi connectivity index (χ1n) is 4.72. The number of anilines is 2. The number of piperidine rings is 1. The second kappa shape index (κ2) is 3.77. The summed E-state index contributed by atoms with van der Waals surface area (Å²) in [6, 6.07) is 0. The summed E-state index contributed by atoms with van der Waals surface area (Å²) >= 11 is 0. The number of nitrogens with zero attached hydrogens (tertiary/aromatic N) is 3. The topological polar surface area (TPSA) is 55.0 Å². The van der Waals surface area contributed by atoms with Gasteiger partial charge in [0.25, 0.3) is 0 Å². The highest BCUT2D eigenvalue weighted by atomic mass is 19.1. The van der Waals surface area contributed by atoms with Gasteiger partial charge in [0.05, 0.1) is 12.4 Å². The summed E-state index contributed by atoms with van der Waals surface area (Å²) in [5.74, 6) is 1.15. The van der Waals surface area contributed by atoms with Gasteiger partial charge in [-0.15, -0.1) is 0 Å². The van der Waals surface area contributed by atoms with E-state index in [1.807, 2.05) is 4.90 Å². The molecule has 1 aliphatic rings. The van der Waals surface area contributed by atoms with Crippen LogP contribution in [0.25, 0.3) is 0 Å². The lowest BCUT2D eigenvalue weighted by molar-refractivity contribution is 0.276. The summed E-state index contributed by atoms with van der Waals surface area (Å²) in [5.41, 5.74) is 5.52. The number of halogens is 1. The van der Waals surface area contributed by atoms with Crippen molar-refractivity contribution < 1.29 is 4.39 Å². The van der Waals surface area contributed by atoms with Gasteiger partial charge >= 0.3 is 0 Å². The number of alkyl halides is 1. The van der Waals surface area contributed by atoms with Crippen LogP contribution in [0.15, 0.2) is 12.4 Å². The third-order valence-electron chi connectivity index (χ3n) is 2.39. The molecule has 1 aromatic rings. The van der Waals surface area contributed by atoms with E-state index in [0.29, 0.717) is 31.7 Å². The highest BCUT2D eigenvalue weighted by Gasteiger charge is 2.19. The number of nitrogens with two attached hydrogens (primary N) is 1. The second-order valence-electron chi connectivity index (χ2n) is 3.46. The molecule has 0 unspecified atom stereocenters. The molecule has 0 spiro atoms. The van der Waals surface area contributed by atoms with Gasteiger partial charge in [0, 0.05) is 13.1 Å². The SMILES string of the molecule is Nc1cncc(N2CCC(F)CC2)n1. The summed E-state index contributed by atoms with van der Waals surface area (Å²) < 4.78 is 12.9. The van der Waals surface area contributed by atoms with Gasteiger partial charge in [-0.05, 0) is 12.8 Å². The van der Waals surface area contributed by atoms with Crippen LogP contribution in [-0.4, -0.2) is 29.2 Å². The van der Waals surface area contributed by atoms with Crippen LogP contribution < -0.4 is 10.6 Å². The Morgan fingerprint density at radius 2 is 2.07 bits per heavy atom. The van der Waals surface area contributed by atoms with Crippen molar-refractivity contribution in [3.63, 3.8) is 0 Å². The third-order valence-corrected chi connectivity index (χ3v) is 2.39. The summed E-state index contributed by atoms with van der Waals surface area (Å²) in [6.07, 6.45) is 3.63. The molecule has 4 nitrogen and oxygen atoms in total. The molecule has 1 saturated heterocycles. The fourth-order valence-electron chi connectivity index (χ4n) is 1.60. The molecule has 0 radical (unpaired) electrons. The van der Waals surface area contributed by atoms with E-state index in [-0.39, 0.29) is 0 Å². The van der Waals surface area contributed by atoms with Gasteiger partial charge in [0.1, 0.15) is 17.8 Å². The molecule has 0 bridgehead atoms. The van der Waals surface area contributed by atoms with Gasteiger partial charge < -0.3 is 10.6 Å². The average Bonchev–Trinajstić information content (AvgIpc) is 2.19. The molecule has 2 heterocycles. The minimum absolute atomic E-state index is 0.407. The molecule has 0 saturated carbocycles. The first kappa shape index (κ1) is 9.18. The van der Waals surface area contributed by atoms with Gasteiger partial charge in [-0.2, -0.15) is 0 Å². The summed E-state index contributed by atoms with van der Waals surface area (Å²) in [4.78, 5) is 10.1. The van der Waals surface area contributed by atoms with E-state index in [0.717, 1.165) is 5.82 Å². The number of rotatable bonds is 1. The Balaban J connectivity index is 2.08. The number of aromatic nitrogens is 2. The maximum Gasteiger partial charge on any atom is 0.149 e. The zero-order valence-corrected chi connectivity index (χ0v) is 7.86. The third kappa shape index (κ3) is 1.92. The van der Waals surface area contributed by atoms with E-state index in [2.05, 4.69) is 9.97 Å². The van der Waals surface area contributed by atoms with Crippen molar-refractivity contribution in [2.75, 3.05) is 23.7 Å². The largest absolute Gasteiger partial charge is 0.382 e. The van der Waals surface area contributed by atoms with Crippen LogP contribution in [-0.2, 0) is 0 Å². The van der Waals surface area contributed by atoms with Gasteiger partial charge in [0.15, 0.2) is 0 Å². The molecule has 0 atom stereocenters. The maximum atomic E-state index is 12.9. The van der Waals surface area contributed by atoms with Crippen LogP contribution in [0.1, 0.15) is 12.8 Å². The van der Waals surface area contributed by atoms with Crippen LogP contribution in [0.4, 0.5) is 16.0 Å². The number of hydrogen-bond donors (Lipinski definition) is 1. The zero-order chi connectivity index (χ0) is 9.97. The van der Waals surface area contributed by atoms with Gasteiger partial charge in [0.2, 0.25) is 0 Å². The van der Waals surface area contributed by atoms with E-state index in [4.69, 9.17) is 5.73 Å². The molecule has 2 rings (SSSR count). The van der Waals surface area contributed by atoms with Crippen LogP contribution in [0.5, 0.6) is 0 Å². The van der Waals surface area contributed by atoms with E-state index in [1.165, 1.54) is 6.20 Å². The highest BCUT2D eigenvalue weighted by Crippen LogP contribution is 2.19. The Bertz CT molecular complexity index is 309. The Hall–Kier alpha value is -1.39. The van der Waals surface area contributed by atoms with Crippen molar-refractivity contribution in [3.05, 3.63) is 12.4 Å². The lowest BCUT2D eigenvalue weighted by Crippen LogP contribution is -2.35. The molecule has 2 N–H and O–H groups in total. The van der Waals surface area contributed by atoms with Crippen molar-refractivity contribution in [3.8, 4) is 0 Å². The van der Waals surface area contributed by atoms with Gasteiger partial charge in [-0.25, -0.2) is 9.37 Å². The summed E-state index contributed by atoms with van der Waals surface area (Å²) in [7, 11) is 0. The Labute approximate surface area is 82.0 Å². The minimum atomic E-state index is -0.666. The molecule has 0 amide bonds. The molecular formula is C9H13FN4. The molecule has 1 aromatic heterocycles. The number of nitrogen functional groups attached to an aromatic ring is 1. The number of hydrogen-bond acceptors (Lipinski definition) is 4. The maximum absolute atomic E-state index is 12.9. The van der Waals surface area contributed by atoms with Crippen molar-refractivity contribution in [1.82, 2.24) is 9.97 Å². The molecule has 14 heavy (non-hydrogen) atoms. The highest BCUT2D eigenvalue weighted by molar-refractivity contribution is 5.41. The fourth-order valence-corrected chi connectivity index (χ4v) is 1.60. The Morgan fingerprint density at radius 3 is 2.71 bits per heavy atom. The fraction of sp³-hybridized carbons (Fsp3) is 0.556. The molecule has 76 valence electrons. The standard InChI is InChI=1S/C9H13FN4/c10-7-1-3-14(4-2-7)9-6-12-5-8(11)13-9/h5-7H,1-4H2,(H2,11,13). The molecular weight excluding hydrogens is 183 g/mol.